The summed E-state index contributed by atoms with van der Waals surface area (Å²) in [6, 6.07) is 5.01. The Hall–Kier alpha value is -3.03. The van der Waals surface area contributed by atoms with Crippen LogP contribution in [-0.2, 0) is 11.8 Å². The molecule has 1 fully saturated rings. The van der Waals surface area contributed by atoms with Gasteiger partial charge in [-0.15, -0.1) is 0 Å². The molecule has 0 bridgehead atoms. The lowest BCUT2D eigenvalue weighted by Crippen LogP contribution is -2.32. The first kappa shape index (κ1) is 16.4. The van der Waals surface area contributed by atoms with Crippen molar-refractivity contribution in [3.63, 3.8) is 0 Å². The predicted octanol–water partition coefficient (Wildman–Crippen LogP) is 1.10. The first-order valence-corrected chi connectivity index (χ1v) is 8.45. The van der Waals surface area contributed by atoms with E-state index in [1.54, 1.807) is 41.0 Å². The molecule has 0 saturated carbocycles. The van der Waals surface area contributed by atoms with Gasteiger partial charge in [0.1, 0.15) is 0 Å². The minimum Gasteiger partial charge on any atom is -0.454 e. The van der Waals surface area contributed by atoms with Crippen molar-refractivity contribution in [1.82, 2.24) is 20.0 Å². The number of fused-ring (bicyclic) bond motifs is 1. The highest BCUT2D eigenvalue weighted by atomic mass is 16.7. The van der Waals surface area contributed by atoms with Crippen molar-refractivity contribution in [1.29, 1.82) is 0 Å². The lowest BCUT2D eigenvalue weighted by molar-refractivity contribution is -0.127. The maximum Gasteiger partial charge on any atom is 0.251 e. The molecule has 136 valence electrons. The molecule has 0 spiro atoms. The molecule has 1 N–H and O–H groups in total. The molecular formula is C18H20N4O4. The van der Waals surface area contributed by atoms with Gasteiger partial charge in [-0.1, -0.05) is 0 Å². The molecule has 2 aromatic rings. The quantitative estimate of drug-likeness (QED) is 0.887. The Morgan fingerprint density at radius 2 is 2.12 bits per heavy atom. The van der Waals surface area contributed by atoms with Crippen molar-refractivity contribution in [3.8, 4) is 11.5 Å². The number of hydrogen-bond donors (Lipinski definition) is 1. The normalized spacial score (nSPS) is 21.3. The number of carbonyl (C=O) groups is 2. The lowest BCUT2D eigenvalue weighted by Gasteiger charge is -2.24. The topological polar surface area (TPSA) is 85.7 Å². The molecule has 0 aliphatic carbocycles. The Morgan fingerprint density at radius 3 is 2.88 bits per heavy atom. The SMILES string of the molecule is CN1C(=O)C[C@@H](CNC(=O)c2ccc3c(c2)OCO3)[C@@H]1c1cnn(C)c1. The van der Waals surface area contributed by atoms with Crippen LogP contribution >= 0.6 is 0 Å². The number of nitrogens with zero attached hydrogens (tertiary/aromatic N) is 3. The van der Waals surface area contributed by atoms with Gasteiger partial charge in [0, 0.05) is 50.3 Å². The van der Waals surface area contributed by atoms with Crippen LogP contribution in [0.1, 0.15) is 28.4 Å². The number of nitrogens with one attached hydrogen (secondary N) is 1. The van der Waals surface area contributed by atoms with Crippen LogP contribution in [0, 0.1) is 5.92 Å². The van der Waals surface area contributed by atoms with Crippen LogP contribution in [0.3, 0.4) is 0 Å². The van der Waals surface area contributed by atoms with E-state index in [9.17, 15) is 9.59 Å². The van der Waals surface area contributed by atoms with Crippen LogP contribution in [0.4, 0.5) is 0 Å². The third kappa shape index (κ3) is 2.87. The molecule has 2 aliphatic rings. The van der Waals surface area contributed by atoms with Crippen LogP contribution in [0.2, 0.25) is 0 Å². The number of aryl methyl sites for hydroxylation is 1. The molecule has 0 radical (unpaired) electrons. The molecule has 8 nitrogen and oxygen atoms in total. The summed E-state index contributed by atoms with van der Waals surface area (Å²) < 4.78 is 12.3. The second-order valence-electron chi connectivity index (χ2n) is 6.64. The van der Waals surface area contributed by atoms with E-state index < -0.39 is 0 Å². The fraction of sp³-hybridized carbons (Fsp3) is 0.389. The highest BCUT2D eigenvalue weighted by Gasteiger charge is 2.39. The maximum absolute atomic E-state index is 12.5. The summed E-state index contributed by atoms with van der Waals surface area (Å²) in [6.45, 7) is 0.576. The van der Waals surface area contributed by atoms with E-state index in [0.29, 0.717) is 30.0 Å². The van der Waals surface area contributed by atoms with E-state index in [4.69, 9.17) is 9.47 Å². The van der Waals surface area contributed by atoms with Gasteiger partial charge in [-0.05, 0) is 18.2 Å². The molecule has 1 aromatic carbocycles. The van der Waals surface area contributed by atoms with Crippen LogP contribution in [0.25, 0.3) is 0 Å². The number of hydrogen-bond acceptors (Lipinski definition) is 5. The summed E-state index contributed by atoms with van der Waals surface area (Å²) in [6.07, 6.45) is 4.08. The van der Waals surface area contributed by atoms with Gasteiger partial charge in [0.25, 0.3) is 5.91 Å². The first-order chi connectivity index (χ1) is 12.5. The number of likely N-dealkylation sites (tertiary alicyclic amines) is 1. The molecule has 2 atom stereocenters. The predicted molar refractivity (Wildman–Crippen MR) is 91.7 cm³/mol. The summed E-state index contributed by atoms with van der Waals surface area (Å²) >= 11 is 0. The molecule has 1 saturated heterocycles. The van der Waals surface area contributed by atoms with Crippen molar-refractivity contribution in [2.24, 2.45) is 13.0 Å². The van der Waals surface area contributed by atoms with Gasteiger partial charge in [0.05, 0.1) is 12.2 Å². The summed E-state index contributed by atoms with van der Waals surface area (Å²) in [4.78, 5) is 26.4. The van der Waals surface area contributed by atoms with Crippen molar-refractivity contribution in [2.75, 3.05) is 20.4 Å². The Morgan fingerprint density at radius 1 is 1.31 bits per heavy atom. The van der Waals surface area contributed by atoms with Crippen LogP contribution in [0.5, 0.6) is 11.5 Å². The zero-order valence-electron chi connectivity index (χ0n) is 14.6. The molecule has 4 rings (SSSR count). The molecule has 26 heavy (non-hydrogen) atoms. The minimum absolute atomic E-state index is 0.00494. The van der Waals surface area contributed by atoms with Crippen molar-refractivity contribution >= 4 is 11.8 Å². The van der Waals surface area contributed by atoms with E-state index in [0.717, 1.165) is 5.56 Å². The van der Waals surface area contributed by atoms with Gasteiger partial charge < -0.3 is 19.7 Å². The first-order valence-electron chi connectivity index (χ1n) is 8.45. The summed E-state index contributed by atoms with van der Waals surface area (Å²) in [5.41, 5.74) is 1.48. The van der Waals surface area contributed by atoms with E-state index in [-0.39, 0.29) is 30.6 Å². The van der Waals surface area contributed by atoms with E-state index in [1.807, 2.05) is 13.2 Å². The van der Waals surface area contributed by atoms with Gasteiger partial charge in [0.2, 0.25) is 12.7 Å². The Balaban J connectivity index is 1.46. The molecule has 0 unspecified atom stereocenters. The lowest BCUT2D eigenvalue weighted by atomic mass is 9.95. The van der Waals surface area contributed by atoms with Crippen LogP contribution in [0.15, 0.2) is 30.6 Å². The van der Waals surface area contributed by atoms with Crippen LogP contribution in [-0.4, -0.2) is 46.9 Å². The molecule has 2 aliphatic heterocycles. The highest BCUT2D eigenvalue weighted by Crippen LogP contribution is 2.36. The van der Waals surface area contributed by atoms with Gasteiger partial charge in [-0.2, -0.15) is 5.10 Å². The Bertz CT molecular complexity index is 863. The number of aromatic nitrogens is 2. The number of benzene rings is 1. The number of ether oxygens (including phenoxy) is 2. The smallest absolute Gasteiger partial charge is 0.251 e. The summed E-state index contributed by atoms with van der Waals surface area (Å²) in [5, 5.41) is 7.14. The van der Waals surface area contributed by atoms with Gasteiger partial charge in [0.15, 0.2) is 11.5 Å². The van der Waals surface area contributed by atoms with Gasteiger partial charge in [-0.3, -0.25) is 14.3 Å². The number of carbonyl (C=O) groups excluding carboxylic acids is 2. The van der Waals surface area contributed by atoms with Gasteiger partial charge in [-0.25, -0.2) is 0 Å². The number of amides is 2. The molecule has 3 heterocycles. The average Bonchev–Trinajstić information content (AvgIpc) is 3.32. The van der Waals surface area contributed by atoms with E-state index in [1.165, 1.54) is 0 Å². The molecule has 1 aromatic heterocycles. The second kappa shape index (κ2) is 6.36. The zero-order valence-corrected chi connectivity index (χ0v) is 14.6. The standard InChI is InChI=1S/C18H20N4O4/c1-21-9-13(8-20-21)17-12(6-16(23)22(17)2)7-19-18(24)11-3-4-14-15(5-11)26-10-25-14/h3-5,8-9,12,17H,6-7,10H2,1-2H3,(H,19,24)/t12-,17+/m0/s1. The summed E-state index contributed by atoms with van der Waals surface area (Å²) in [7, 11) is 3.64. The largest absolute Gasteiger partial charge is 0.454 e. The molecule has 2 amide bonds. The van der Waals surface area contributed by atoms with Crippen molar-refractivity contribution < 1.29 is 19.1 Å². The Kier molecular flexibility index (Phi) is 4.02. The monoisotopic (exact) mass is 356 g/mol. The van der Waals surface area contributed by atoms with Crippen molar-refractivity contribution in [3.05, 3.63) is 41.7 Å². The average molecular weight is 356 g/mol. The molecular weight excluding hydrogens is 336 g/mol. The van der Waals surface area contributed by atoms with Crippen LogP contribution < -0.4 is 14.8 Å². The maximum atomic E-state index is 12.5. The van der Waals surface area contributed by atoms with E-state index in [2.05, 4.69) is 10.4 Å². The highest BCUT2D eigenvalue weighted by molar-refractivity contribution is 5.95. The van der Waals surface area contributed by atoms with Crippen molar-refractivity contribution in [2.45, 2.75) is 12.5 Å². The second-order valence-corrected chi connectivity index (χ2v) is 6.64. The Labute approximate surface area is 150 Å². The van der Waals surface area contributed by atoms with E-state index >= 15 is 0 Å². The van der Waals surface area contributed by atoms with Gasteiger partial charge >= 0.3 is 0 Å². The number of rotatable bonds is 4. The third-order valence-electron chi connectivity index (χ3n) is 4.92. The fourth-order valence-corrected chi connectivity index (χ4v) is 3.59. The third-order valence-corrected chi connectivity index (χ3v) is 4.92. The zero-order chi connectivity index (χ0) is 18.3. The summed E-state index contributed by atoms with van der Waals surface area (Å²) in [5.74, 6) is 1.08. The minimum atomic E-state index is -0.199. The molecule has 8 heteroatoms. The fourth-order valence-electron chi connectivity index (χ4n) is 3.59.